The van der Waals surface area contributed by atoms with Crippen LogP contribution in [0.5, 0.6) is 11.5 Å². The molecular weight excluding hydrogens is 342 g/mol. The molecule has 0 saturated carbocycles. The molecule has 0 unspecified atom stereocenters. The molecule has 1 aromatic carbocycles. The zero-order valence-corrected chi connectivity index (χ0v) is 12.6. The summed E-state index contributed by atoms with van der Waals surface area (Å²) in [5, 5.41) is 13.8. The van der Waals surface area contributed by atoms with Gasteiger partial charge in [0.25, 0.3) is 0 Å². The monoisotopic (exact) mass is 351 g/mol. The van der Waals surface area contributed by atoms with Gasteiger partial charge in [-0.25, -0.2) is 0 Å². The van der Waals surface area contributed by atoms with Crippen molar-refractivity contribution in [3.8, 4) is 11.5 Å². The molecular formula is C10H11BrClN3O2S. The number of nitrogens with two attached hydrogens (primary N) is 1. The van der Waals surface area contributed by atoms with Crippen LogP contribution < -0.4 is 15.9 Å². The first kappa shape index (κ1) is 15.0. The van der Waals surface area contributed by atoms with Crippen molar-refractivity contribution < 1.29 is 9.84 Å². The van der Waals surface area contributed by atoms with Crippen LogP contribution >= 0.6 is 39.7 Å². The molecule has 0 aromatic heterocycles. The van der Waals surface area contributed by atoms with Crippen molar-refractivity contribution in [1.82, 2.24) is 5.43 Å². The summed E-state index contributed by atoms with van der Waals surface area (Å²) >= 11 is 13.8. The van der Waals surface area contributed by atoms with Gasteiger partial charge < -0.3 is 15.6 Å². The first-order valence-electron chi connectivity index (χ1n) is 4.89. The number of phenols is 1. The molecule has 0 aliphatic rings. The van der Waals surface area contributed by atoms with Gasteiger partial charge in [0.2, 0.25) is 0 Å². The Labute approximate surface area is 123 Å². The molecule has 0 spiro atoms. The highest BCUT2D eigenvalue weighted by Crippen LogP contribution is 2.41. The van der Waals surface area contributed by atoms with Crippen LogP contribution in [0.4, 0.5) is 0 Å². The average molecular weight is 353 g/mol. The molecule has 4 N–H and O–H groups in total. The minimum absolute atomic E-state index is 0.0530. The summed E-state index contributed by atoms with van der Waals surface area (Å²) < 4.78 is 5.75. The second kappa shape index (κ2) is 6.77. The van der Waals surface area contributed by atoms with E-state index in [9.17, 15) is 5.11 Å². The topological polar surface area (TPSA) is 79.9 Å². The molecule has 0 atom stereocenters. The molecule has 1 aromatic rings. The van der Waals surface area contributed by atoms with Gasteiger partial charge in [-0.2, -0.15) is 5.10 Å². The largest absolute Gasteiger partial charge is 0.503 e. The molecule has 0 saturated heterocycles. The Morgan fingerprint density at radius 2 is 2.44 bits per heavy atom. The lowest BCUT2D eigenvalue weighted by Gasteiger charge is -2.10. The highest BCUT2D eigenvalue weighted by atomic mass is 79.9. The van der Waals surface area contributed by atoms with Gasteiger partial charge >= 0.3 is 0 Å². The standard InChI is InChI=1S/C10H11BrClN3O2S/c1-2-17-6-3-5(4-14-15-10(13)18)7(11)8(12)9(6)16/h3-4,16H,2H2,1H3,(H3,13,15,18). The van der Waals surface area contributed by atoms with Gasteiger partial charge in [-0.05, 0) is 41.1 Å². The van der Waals surface area contributed by atoms with Crippen LogP contribution in [0, 0.1) is 0 Å². The zero-order chi connectivity index (χ0) is 13.7. The first-order valence-corrected chi connectivity index (χ1v) is 6.47. The minimum atomic E-state index is -0.121. The summed E-state index contributed by atoms with van der Waals surface area (Å²) in [7, 11) is 0. The minimum Gasteiger partial charge on any atom is -0.503 e. The van der Waals surface area contributed by atoms with Crippen LogP contribution in [0.2, 0.25) is 5.02 Å². The Kier molecular flexibility index (Phi) is 5.64. The van der Waals surface area contributed by atoms with E-state index in [0.717, 1.165) is 0 Å². The van der Waals surface area contributed by atoms with Gasteiger partial charge in [0, 0.05) is 10.0 Å². The van der Waals surface area contributed by atoms with E-state index in [0.29, 0.717) is 16.6 Å². The third-order valence-electron chi connectivity index (χ3n) is 1.85. The van der Waals surface area contributed by atoms with E-state index in [4.69, 9.17) is 22.1 Å². The van der Waals surface area contributed by atoms with Gasteiger partial charge in [0.1, 0.15) is 5.02 Å². The van der Waals surface area contributed by atoms with Crippen LogP contribution in [0.25, 0.3) is 0 Å². The smallest absolute Gasteiger partial charge is 0.184 e. The molecule has 0 fully saturated rings. The first-order chi connectivity index (χ1) is 8.47. The third kappa shape index (κ3) is 3.72. The number of phenolic OH excluding ortho intramolecular Hbond substituents is 1. The second-order valence-electron chi connectivity index (χ2n) is 3.11. The maximum Gasteiger partial charge on any atom is 0.184 e. The Morgan fingerprint density at radius 3 is 3.00 bits per heavy atom. The van der Waals surface area contributed by atoms with Crippen LogP contribution in [0.3, 0.4) is 0 Å². The van der Waals surface area contributed by atoms with Crippen molar-refractivity contribution >= 4 is 51.1 Å². The van der Waals surface area contributed by atoms with E-state index in [1.165, 1.54) is 6.21 Å². The maximum atomic E-state index is 9.76. The van der Waals surface area contributed by atoms with E-state index in [1.54, 1.807) is 13.0 Å². The molecule has 98 valence electrons. The van der Waals surface area contributed by atoms with E-state index in [-0.39, 0.29) is 21.6 Å². The summed E-state index contributed by atoms with van der Waals surface area (Å²) in [6.07, 6.45) is 1.46. The summed E-state index contributed by atoms with van der Waals surface area (Å²) in [6.45, 7) is 2.21. The molecule has 8 heteroatoms. The fourth-order valence-electron chi connectivity index (χ4n) is 1.14. The fourth-order valence-corrected chi connectivity index (χ4v) is 1.80. The van der Waals surface area contributed by atoms with Crippen LogP contribution in [-0.2, 0) is 0 Å². The lowest BCUT2D eigenvalue weighted by atomic mass is 10.2. The average Bonchev–Trinajstić information content (AvgIpc) is 2.32. The van der Waals surface area contributed by atoms with Crippen molar-refractivity contribution in [2.24, 2.45) is 10.8 Å². The SMILES string of the molecule is CCOc1cc(C=NNC(N)=S)c(Br)c(Cl)c1O. The van der Waals surface area contributed by atoms with E-state index in [1.807, 2.05) is 0 Å². The number of benzene rings is 1. The van der Waals surface area contributed by atoms with Crippen molar-refractivity contribution in [1.29, 1.82) is 0 Å². The van der Waals surface area contributed by atoms with Crippen molar-refractivity contribution in [2.45, 2.75) is 6.92 Å². The summed E-state index contributed by atoms with van der Waals surface area (Å²) in [5.74, 6) is 0.160. The zero-order valence-electron chi connectivity index (χ0n) is 9.41. The van der Waals surface area contributed by atoms with Gasteiger partial charge in [-0.1, -0.05) is 11.6 Å². The molecule has 1 rings (SSSR count). The number of rotatable bonds is 4. The number of hydrogen-bond donors (Lipinski definition) is 3. The number of nitrogens with one attached hydrogen (secondary N) is 1. The number of halogens is 2. The fraction of sp³-hybridized carbons (Fsp3) is 0.200. The molecule has 5 nitrogen and oxygen atoms in total. The van der Waals surface area contributed by atoms with Crippen molar-refractivity contribution in [3.05, 3.63) is 21.1 Å². The van der Waals surface area contributed by atoms with Crippen LogP contribution in [0.1, 0.15) is 12.5 Å². The number of nitrogens with zero attached hydrogens (tertiary/aromatic N) is 1. The van der Waals surface area contributed by atoms with E-state index < -0.39 is 0 Å². The highest BCUT2D eigenvalue weighted by Gasteiger charge is 2.14. The predicted molar refractivity (Wildman–Crippen MR) is 79.5 cm³/mol. The Bertz CT molecular complexity index is 497. The van der Waals surface area contributed by atoms with Crippen LogP contribution in [-0.4, -0.2) is 23.0 Å². The predicted octanol–water partition coefficient (Wildman–Crippen LogP) is 2.37. The molecule has 0 heterocycles. The number of hydrogen-bond acceptors (Lipinski definition) is 4. The molecule has 0 radical (unpaired) electrons. The number of ether oxygens (including phenoxy) is 1. The van der Waals surface area contributed by atoms with Crippen molar-refractivity contribution in [3.63, 3.8) is 0 Å². The quantitative estimate of drug-likeness (QED) is 0.440. The normalized spacial score (nSPS) is 10.6. The Morgan fingerprint density at radius 1 is 1.78 bits per heavy atom. The third-order valence-corrected chi connectivity index (χ3v) is 3.39. The summed E-state index contributed by atoms with van der Waals surface area (Å²) in [6, 6.07) is 1.60. The molecule has 0 aliphatic carbocycles. The van der Waals surface area contributed by atoms with Gasteiger partial charge in [-0.3, -0.25) is 5.43 Å². The number of aromatic hydroxyl groups is 1. The summed E-state index contributed by atoms with van der Waals surface area (Å²) in [5.41, 5.74) is 8.26. The van der Waals surface area contributed by atoms with Gasteiger partial charge in [0.05, 0.1) is 12.8 Å². The second-order valence-corrected chi connectivity index (χ2v) is 4.72. The number of thiocarbonyl (C=S) groups is 1. The lowest BCUT2D eigenvalue weighted by Crippen LogP contribution is -2.24. The van der Waals surface area contributed by atoms with E-state index >= 15 is 0 Å². The van der Waals surface area contributed by atoms with Gasteiger partial charge in [0.15, 0.2) is 16.6 Å². The molecule has 0 bridgehead atoms. The Hall–Kier alpha value is -1.05. The lowest BCUT2D eigenvalue weighted by molar-refractivity contribution is 0.318. The molecule has 18 heavy (non-hydrogen) atoms. The molecule has 0 amide bonds. The van der Waals surface area contributed by atoms with Gasteiger partial charge in [-0.15, -0.1) is 0 Å². The number of hydrazone groups is 1. The van der Waals surface area contributed by atoms with Crippen molar-refractivity contribution in [2.75, 3.05) is 6.61 Å². The molecule has 0 aliphatic heterocycles. The summed E-state index contributed by atoms with van der Waals surface area (Å²) in [4.78, 5) is 0. The van der Waals surface area contributed by atoms with Crippen LogP contribution in [0.15, 0.2) is 15.6 Å². The highest BCUT2D eigenvalue weighted by molar-refractivity contribution is 9.10. The maximum absolute atomic E-state index is 9.76. The van der Waals surface area contributed by atoms with E-state index in [2.05, 4.69) is 38.7 Å². The Balaban J connectivity index is 3.11.